The van der Waals surface area contributed by atoms with Gasteiger partial charge in [0.25, 0.3) is 5.91 Å². The van der Waals surface area contributed by atoms with Crippen molar-refractivity contribution in [3.8, 4) is 5.75 Å². The Hall–Kier alpha value is -2.53. The van der Waals surface area contributed by atoms with Crippen molar-refractivity contribution in [3.05, 3.63) is 64.7 Å². The maximum atomic E-state index is 12.3. The van der Waals surface area contributed by atoms with E-state index in [4.69, 9.17) is 21.1 Å². The van der Waals surface area contributed by atoms with Crippen LogP contribution in [-0.4, -0.2) is 26.1 Å². The van der Waals surface area contributed by atoms with Gasteiger partial charge in [0.05, 0.1) is 14.2 Å². The van der Waals surface area contributed by atoms with E-state index in [1.807, 2.05) is 0 Å². The number of esters is 1. The predicted octanol–water partition coefficient (Wildman–Crippen LogP) is 2.99. The molecule has 0 saturated heterocycles. The average molecular weight is 334 g/mol. The number of halogens is 1. The molecule has 1 N–H and O–H groups in total. The van der Waals surface area contributed by atoms with Crippen molar-refractivity contribution in [2.24, 2.45) is 0 Å². The largest absolute Gasteiger partial charge is 0.497 e. The second-order valence-electron chi connectivity index (χ2n) is 4.71. The number of ether oxygens (including phenoxy) is 2. The van der Waals surface area contributed by atoms with Crippen molar-refractivity contribution >= 4 is 23.5 Å². The quantitative estimate of drug-likeness (QED) is 0.854. The highest BCUT2D eigenvalue weighted by molar-refractivity contribution is 6.30. The number of carbonyl (C=O) groups is 2. The molecule has 0 spiro atoms. The molecule has 23 heavy (non-hydrogen) atoms. The fourth-order valence-electron chi connectivity index (χ4n) is 2.01. The van der Waals surface area contributed by atoms with Crippen LogP contribution in [0, 0.1) is 0 Å². The minimum absolute atomic E-state index is 0.391. The Morgan fingerprint density at radius 1 is 1.00 bits per heavy atom. The molecule has 120 valence electrons. The third kappa shape index (κ3) is 4.23. The fraction of sp³-hybridized carbons (Fsp3) is 0.176. The molecule has 2 aromatic rings. The number of nitrogens with one attached hydrogen (secondary N) is 1. The first kappa shape index (κ1) is 16.8. The highest BCUT2D eigenvalue weighted by Crippen LogP contribution is 2.19. The molecular formula is C17H16ClNO4. The number of benzene rings is 2. The molecule has 2 aromatic carbocycles. The highest BCUT2D eigenvalue weighted by Gasteiger charge is 2.24. The fourth-order valence-corrected chi connectivity index (χ4v) is 2.13. The summed E-state index contributed by atoms with van der Waals surface area (Å²) in [6, 6.07) is 12.3. The molecule has 0 aliphatic heterocycles. The first-order chi connectivity index (χ1) is 11.0. The Morgan fingerprint density at radius 3 is 2.13 bits per heavy atom. The van der Waals surface area contributed by atoms with Gasteiger partial charge in [0.1, 0.15) is 5.75 Å². The molecule has 1 amide bonds. The van der Waals surface area contributed by atoms with E-state index in [9.17, 15) is 9.59 Å². The number of methoxy groups -OCH3 is 2. The molecule has 6 heteroatoms. The van der Waals surface area contributed by atoms with Gasteiger partial charge in [-0.3, -0.25) is 4.79 Å². The first-order valence-electron chi connectivity index (χ1n) is 6.83. The summed E-state index contributed by atoms with van der Waals surface area (Å²) >= 11 is 5.84. The van der Waals surface area contributed by atoms with Crippen LogP contribution in [0.2, 0.25) is 5.02 Å². The van der Waals surface area contributed by atoms with Gasteiger partial charge in [0.15, 0.2) is 6.04 Å². The lowest BCUT2D eigenvalue weighted by Gasteiger charge is -2.17. The van der Waals surface area contributed by atoms with E-state index in [-0.39, 0.29) is 0 Å². The number of carbonyl (C=O) groups excluding carboxylic acids is 2. The van der Waals surface area contributed by atoms with Crippen molar-refractivity contribution in [2.75, 3.05) is 14.2 Å². The van der Waals surface area contributed by atoms with E-state index in [2.05, 4.69) is 5.32 Å². The molecule has 0 saturated carbocycles. The normalized spacial score (nSPS) is 11.4. The SMILES string of the molecule is COC(=O)C(NC(=O)c1ccc(OC)cc1)c1ccc(Cl)cc1. The molecule has 0 radical (unpaired) electrons. The van der Waals surface area contributed by atoms with E-state index < -0.39 is 17.9 Å². The van der Waals surface area contributed by atoms with Gasteiger partial charge in [-0.2, -0.15) is 0 Å². The summed E-state index contributed by atoms with van der Waals surface area (Å²) in [5.41, 5.74) is 0.997. The van der Waals surface area contributed by atoms with Crippen molar-refractivity contribution < 1.29 is 19.1 Å². The lowest BCUT2D eigenvalue weighted by Crippen LogP contribution is -2.34. The van der Waals surface area contributed by atoms with Crippen molar-refractivity contribution in [2.45, 2.75) is 6.04 Å². The van der Waals surface area contributed by atoms with Crippen LogP contribution in [0.25, 0.3) is 0 Å². The van der Waals surface area contributed by atoms with Crippen molar-refractivity contribution in [3.63, 3.8) is 0 Å². The van der Waals surface area contributed by atoms with E-state index >= 15 is 0 Å². The van der Waals surface area contributed by atoms with Crippen LogP contribution in [0.5, 0.6) is 5.75 Å². The maximum Gasteiger partial charge on any atom is 0.333 e. The summed E-state index contributed by atoms with van der Waals surface area (Å²) in [4.78, 5) is 24.3. The van der Waals surface area contributed by atoms with Gasteiger partial charge in [0.2, 0.25) is 0 Å². The Labute approximate surface area is 139 Å². The zero-order valence-corrected chi connectivity index (χ0v) is 13.5. The average Bonchev–Trinajstić information content (AvgIpc) is 2.59. The van der Waals surface area contributed by atoms with Crippen LogP contribution in [0.3, 0.4) is 0 Å². The molecule has 2 rings (SSSR count). The molecule has 0 aliphatic carbocycles. The third-order valence-corrected chi connectivity index (χ3v) is 3.52. The van der Waals surface area contributed by atoms with Gasteiger partial charge in [-0.1, -0.05) is 23.7 Å². The Balaban J connectivity index is 2.21. The van der Waals surface area contributed by atoms with Crippen LogP contribution >= 0.6 is 11.6 Å². The minimum atomic E-state index is -0.910. The van der Waals surface area contributed by atoms with E-state index in [0.29, 0.717) is 21.9 Å². The zero-order valence-electron chi connectivity index (χ0n) is 12.7. The molecule has 1 atom stereocenters. The molecule has 0 aromatic heterocycles. The van der Waals surface area contributed by atoms with Crippen LogP contribution < -0.4 is 10.1 Å². The maximum absolute atomic E-state index is 12.3. The van der Waals surface area contributed by atoms with Crippen LogP contribution in [0.4, 0.5) is 0 Å². The van der Waals surface area contributed by atoms with Crippen molar-refractivity contribution in [1.82, 2.24) is 5.32 Å². The molecular weight excluding hydrogens is 318 g/mol. The molecule has 1 unspecified atom stereocenters. The topological polar surface area (TPSA) is 64.6 Å². The summed E-state index contributed by atoms with van der Waals surface area (Å²) in [6.45, 7) is 0. The number of hydrogen-bond acceptors (Lipinski definition) is 4. The second-order valence-corrected chi connectivity index (χ2v) is 5.15. The first-order valence-corrected chi connectivity index (χ1v) is 7.21. The minimum Gasteiger partial charge on any atom is -0.497 e. The predicted molar refractivity (Wildman–Crippen MR) is 86.7 cm³/mol. The lowest BCUT2D eigenvalue weighted by molar-refractivity contribution is -0.143. The lowest BCUT2D eigenvalue weighted by atomic mass is 10.1. The summed E-state index contributed by atoms with van der Waals surface area (Å²) in [5, 5.41) is 3.20. The van der Waals surface area contributed by atoms with Crippen LogP contribution in [-0.2, 0) is 9.53 Å². The van der Waals surface area contributed by atoms with Crippen molar-refractivity contribution in [1.29, 1.82) is 0 Å². The molecule has 0 heterocycles. The van der Waals surface area contributed by atoms with E-state index in [1.165, 1.54) is 7.11 Å². The Kier molecular flexibility index (Phi) is 5.60. The van der Waals surface area contributed by atoms with Gasteiger partial charge in [0, 0.05) is 10.6 Å². The zero-order chi connectivity index (χ0) is 16.8. The Bertz CT molecular complexity index is 683. The smallest absolute Gasteiger partial charge is 0.333 e. The standard InChI is InChI=1S/C17H16ClNO4/c1-22-14-9-5-12(6-10-14)16(20)19-15(17(21)23-2)11-3-7-13(18)8-4-11/h3-10,15H,1-2H3,(H,19,20). The molecule has 0 fully saturated rings. The summed E-state index contributed by atoms with van der Waals surface area (Å²) in [5.74, 6) is -0.309. The Morgan fingerprint density at radius 2 is 1.61 bits per heavy atom. The highest BCUT2D eigenvalue weighted by atomic mass is 35.5. The van der Waals surface area contributed by atoms with Crippen LogP contribution in [0.15, 0.2) is 48.5 Å². The molecule has 0 aliphatic rings. The number of rotatable bonds is 5. The number of hydrogen-bond donors (Lipinski definition) is 1. The second kappa shape index (κ2) is 7.65. The third-order valence-electron chi connectivity index (χ3n) is 3.27. The summed E-state index contributed by atoms with van der Waals surface area (Å²) < 4.78 is 9.81. The van der Waals surface area contributed by atoms with Gasteiger partial charge in [-0.05, 0) is 42.0 Å². The molecule has 0 bridgehead atoms. The van der Waals surface area contributed by atoms with Gasteiger partial charge in [-0.15, -0.1) is 0 Å². The van der Waals surface area contributed by atoms with Gasteiger partial charge < -0.3 is 14.8 Å². The van der Waals surface area contributed by atoms with E-state index in [1.54, 1.807) is 55.6 Å². The summed E-state index contributed by atoms with van der Waals surface area (Å²) in [6.07, 6.45) is 0. The van der Waals surface area contributed by atoms with Crippen LogP contribution in [0.1, 0.15) is 22.0 Å². The summed E-state index contributed by atoms with van der Waals surface area (Å²) in [7, 11) is 2.81. The van der Waals surface area contributed by atoms with E-state index in [0.717, 1.165) is 0 Å². The molecule has 5 nitrogen and oxygen atoms in total. The van der Waals surface area contributed by atoms with Gasteiger partial charge in [-0.25, -0.2) is 4.79 Å². The monoisotopic (exact) mass is 333 g/mol. The van der Waals surface area contributed by atoms with Gasteiger partial charge >= 0.3 is 5.97 Å². The number of amides is 1.